The topological polar surface area (TPSA) is 64.0 Å². The number of imidazole rings is 1. The van der Waals surface area contributed by atoms with E-state index in [-0.39, 0.29) is 11.7 Å². The summed E-state index contributed by atoms with van der Waals surface area (Å²) >= 11 is 1.42. The van der Waals surface area contributed by atoms with Crippen molar-refractivity contribution in [2.45, 2.75) is 12.6 Å². The molecule has 5 nitrogen and oxygen atoms in total. The summed E-state index contributed by atoms with van der Waals surface area (Å²) in [6.07, 6.45) is 5.06. The molecule has 1 unspecified atom stereocenters. The molecule has 4 aromatic rings. The van der Waals surface area contributed by atoms with E-state index >= 15 is 0 Å². The van der Waals surface area contributed by atoms with Crippen LogP contribution in [0.2, 0.25) is 0 Å². The summed E-state index contributed by atoms with van der Waals surface area (Å²) in [5.74, 6) is -0.371. The Morgan fingerprint density at radius 2 is 1.85 bits per heavy atom. The van der Waals surface area contributed by atoms with Crippen molar-refractivity contribution < 1.29 is 9.59 Å². The highest BCUT2D eigenvalue weighted by atomic mass is 32.1. The van der Waals surface area contributed by atoms with E-state index in [1.165, 1.54) is 11.3 Å². The van der Waals surface area contributed by atoms with E-state index in [1.807, 2.05) is 48.5 Å². The third kappa shape index (κ3) is 3.80. The Morgan fingerprint density at radius 1 is 1.07 bits per heavy atom. The van der Waals surface area contributed by atoms with Crippen molar-refractivity contribution in [3.05, 3.63) is 89.8 Å². The highest BCUT2D eigenvalue weighted by Gasteiger charge is 2.24. The molecule has 2 heterocycles. The molecule has 0 aliphatic carbocycles. The summed E-state index contributed by atoms with van der Waals surface area (Å²) in [5.41, 5.74) is 0.569. The molecular weight excluding hydrogens is 358 g/mol. The van der Waals surface area contributed by atoms with Gasteiger partial charge in [0.2, 0.25) is 0 Å². The molecule has 4 rings (SSSR count). The Hall–Kier alpha value is -3.25. The number of nitrogens with one attached hydrogen (secondary N) is 1. The number of benzene rings is 2. The van der Waals surface area contributed by atoms with Crippen LogP contribution >= 0.6 is 11.3 Å². The first-order chi connectivity index (χ1) is 13.2. The average molecular weight is 375 g/mol. The standard InChI is InChI=1S/C21H17N3O2S/c25-20(15-6-2-1-3-7-15)17(13-24-11-10-22-14-24)23-21(26)19-12-16-8-4-5-9-18(16)27-19/h1-12,14,17H,13H2,(H,23,26). The van der Waals surface area contributed by atoms with Gasteiger partial charge in [-0.05, 0) is 17.5 Å². The molecule has 0 aliphatic rings. The molecule has 0 bridgehead atoms. The third-order valence-electron chi connectivity index (χ3n) is 4.28. The van der Waals surface area contributed by atoms with Crippen LogP contribution in [0.15, 0.2) is 79.4 Å². The van der Waals surface area contributed by atoms with E-state index in [1.54, 1.807) is 35.4 Å². The van der Waals surface area contributed by atoms with Crippen molar-refractivity contribution in [1.82, 2.24) is 14.9 Å². The van der Waals surface area contributed by atoms with Crippen LogP contribution in [-0.2, 0) is 6.54 Å². The first-order valence-corrected chi connectivity index (χ1v) is 9.37. The number of Topliss-reactive ketones (excluding diaryl/α,β-unsaturated/α-hetero) is 1. The van der Waals surface area contributed by atoms with Gasteiger partial charge in [-0.15, -0.1) is 11.3 Å². The van der Waals surface area contributed by atoms with Crippen molar-refractivity contribution in [2.24, 2.45) is 0 Å². The third-order valence-corrected chi connectivity index (χ3v) is 5.40. The molecule has 1 N–H and O–H groups in total. The number of aromatic nitrogens is 2. The zero-order valence-corrected chi connectivity index (χ0v) is 15.2. The number of carbonyl (C=O) groups excluding carboxylic acids is 2. The summed E-state index contributed by atoms with van der Waals surface area (Å²) < 4.78 is 2.83. The summed E-state index contributed by atoms with van der Waals surface area (Å²) in [6, 6.07) is 18.0. The van der Waals surface area contributed by atoms with Crippen molar-refractivity contribution >= 4 is 33.1 Å². The van der Waals surface area contributed by atoms with Gasteiger partial charge < -0.3 is 9.88 Å². The van der Waals surface area contributed by atoms with Crippen LogP contribution in [0.4, 0.5) is 0 Å². The summed E-state index contributed by atoms with van der Waals surface area (Å²) in [4.78, 5) is 30.4. The van der Waals surface area contributed by atoms with Gasteiger partial charge in [0.05, 0.1) is 17.7 Å². The van der Waals surface area contributed by atoms with Crippen LogP contribution in [-0.4, -0.2) is 27.3 Å². The van der Waals surface area contributed by atoms with Crippen LogP contribution in [0, 0.1) is 0 Å². The number of hydrogen-bond donors (Lipinski definition) is 1. The number of thiophene rings is 1. The number of nitrogens with zero attached hydrogens (tertiary/aromatic N) is 2. The minimum Gasteiger partial charge on any atom is -0.339 e. The zero-order chi connectivity index (χ0) is 18.6. The summed E-state index contributed by atoms with van der Waals surface area (Å²) in [5, 5.41) is 3.93. The lowest BCUT2D eigenvalue weighted by Gasteiger charge is -2.18. The largest absolute Gasteiger partial charge is 0.339 e. The molecule has 27 heavy (non-hydrogen) atoms. The van der Waals surface area contributed by atoms with Crippen molar-refractivity contribution in [2.75, 3.05) is 0 Å². The monoisotopic (exact) mass is 375 g/mol. The molecule has 134 valence electrons. The molecule has 1 atom stereocenters. The first kappa shape index (κ1) is 17.2. The zero-order valence-electron chi connectivity index (χ0n) is 14.4. The lowest BCUT2D eigenvalue weighted by molar-refractivity contribution is 0.0850. The van der Waals surface area contributed by atoms with E-state index < -0.39 is 6.04 Å². The molecular formula is C21H17N3O2S. The highest BCUT2D eigenvalue weighted by molar-refractivity contribution is 7.20. The number of amides is 1. The van der Waals surface area contributed by atoms with Gasteiger partial charge in [0, 0.05) is 22.7 Å². The van der Waals surface area contributed by atoms with Crippen LogP contribution < -0.4 is 5.32 Å². The molecule has 2 aromatic heterocycles. The van der Waals surface area contributed by atoms with Gasteiger partial charge in [-0.1, -0.05) is 48.5 Å². The van der Waals surface area contributed by atoms with Crippen LogP contribution in [0.1, 0.15) is 20.0 Å². The Kier molecular flexibility index (Phi) is 4.80. The van der Waals surface area contributed by atoms with E-state index in [0.717, 1.165) is 10.1 Å². The summed E-state index contributed by atoms with van der Waals surface area (Å²) in [7, 11) is 0. The van der Waals surface area contributed by atoms with Gasteiger partial charge in [0.15, 0.2) is 5.78 Å². The second kappa shape index (κ2) is 7.55. The Balaban J connectivity index is 1.59. The second-order valence-electron chi connectivity index (χ2n) is 6.16. The fourth-order valence-corrected chi connectivity index (χ4v) is 3.89. The van der Waals surface area contributed by atoms with Gasteiger partial charge in [-0.25, -0.2) is 4.98 Å². The SMILES string of the molecule is O=C(NC(Cn1ccnc1)C(=O)c1ccccc1)c1cc2ccccc2s1. The van der Waals surface area contributed by atoms with Crippen LogP contribution in [0.3, 0.4) is 0 Å². The maximum atomic E-state index is 13.0. The van der Waals surface area contributed by atoms with E-state index in [0.29, 0.717) is 17.0 Å². The van der Waals surface area contributed by atoms with Crippen molar-refractivity contribution in [3.63, 3.8) is 0 Å². The van der Waals surface area contributed by atoms with E-state index in [9.17, 15) is 9.59 Å². The lowest BCUT2D eigenvalue weighted by atomic mass is 10.0. The molecule has 0 saturated carbocycles. The Morgan fingerprint density at radius 3 is 2.59 bits per heavy atom. The molecule has 0 radical (unpaired) electrons. The highest BCUT2D eigenvalue weighted by Crippen LogP contribution is 2.25. The minimum atomic E-state index is -0.681. The number of fused-ring (bicyclic) bond motifs is 1. The quantitative estimate of drug-likeness (QED) is 0.522. The van der Waals surface area contributed by atoms with E-state index in [4.69, 9.17) is 0 Å². The smallest absolute Gasteiger partial charge is 0.262 e. The predicted molar refractivity (Wildman–Crippen MR) is 106 cm³/mol. The van der Waals surface area contributed by atoms with Gasteiger partial charge in [-0.3, -0.25) is 9.59 Å². The Bertz CT molecular complexity index is 1040. The average Bonchev–Trinajstić information content (AvgIpc) is 3.37. The first-order valence-electron chi connectivity index (χ1n) is 8.55. The Labute approximate surface area is 160 Å². The fourth-order valence-electron chi connectivity index (χ4n) is 2.93. The number of ketones is 1. The number of carbonyl (C=O) groups is 2. The normalized spacial score (nSPS) is 12.0. The van der Waals surface area contributed by atoms with Crippen LogP contribution in [0.5, 0.6) is 0 Å². The van der Waals surface area contributed by atoms with Crippen LogP contribution in [0.25, 0.3) is 10.1 Å². The van der Waals surface area contributed by atoms with Gasteiger partial charge in [0.1, 0.15) is 6.04 Å². The lowest BCUT2D eigenvalue weighted by Crippen LogP contribution is -2.43. The fraction of sp³-hybridized carbons (Fsp3) is 0.0952. The number of rotatable bonds is 6. The minimum absolute atomic E-state index is 0.126. The molecule has 0 spiro atoms. The van der Waals surface area contributed by atoms with Gasteiger partial charge in [-0.2, -0.15) is 0 Å². The van der Waals surface area contributed by atoms with Gasteiger partial charge in [0.25, 0.3) is 5.91 Å². The molecule has 0 fully saturated rings. The predicted octanol–water partition coefficient (Wildman–Crippen LogP) is 3.78. The molecule has 1 amide bonds. The molecule has 6 heteroatoms. The maximum Gasteiger partial charge on any atom is 0.262 e. The molecule has 2 aromatic carbocycles. The maximum absolute atomic E-state index is 13.0. The molecule has 0 aliphatic heterocycles. The van der Waals surface area contributed by atoms with Crippen molar-refractivity contribution in [1.29, 1.82) is 0 Å². The van der Waals surface area contributed by atoms with Gasteiger partial charge >= 0.3 is 0 Å². The molecule has 0 saturated heterocycles. The second-order valence-corrected chi connectivity index (χ2v) is 7.25. The van der Waals surface area contributed by atoms with Crippen molar-refractivity contribution in [3.8, 4) is 0 Å². The summed E-state index contributed by atoms with van der Waals surface area (Å²) in [6.45, 7) is 0.324. The van der Waals surface area contributed by atoms with E-state index in [2.05, 4.69) is 10.3 Å². The number of hydrogen-bond acceptors (Lipinski definition) is 4.